The fourth-order valence-electron chi connectivity index (χ4n) is 2.47. The number of urea groups is 1. The lowest BCUT2D eigenvalue weighted by Gasteiger charge is -2.26. The molecule has 112 valence electrons. The van der Waals surface area contributed by atoms with E-state index in [9.17, 15) is 18.0 Å². The lowest BCUT2D eigenvalue weighted by atomic mass is 10.2. The lowest BCUT2D eigenvalue weighted by Crippen LogP contribution is -2.48. The summed E-state index contributed by atoms with van der Waals surface area (Å²) in [5.74, 6) is -1.02. The minimum atomic E-state index is -3.30. The van der Waals surface area contributed by atoms with Crippen molar-refractivity contribution in [1.82, 2.24) is 4.90 Å². The standard InChI is InChI=1S/C12H10Cl2N2O4S/c13-8-2-1-7(5-9(8)14)16-11(17)10-6-21(19,20)4-3-15(10)12(16)18/h1-2,5,10H,3-4,6H2. The van der Waals surface area contributed by atoms with Crippen LogP contribution in [0.5, 0.6) is 0 Å². The van der Waals surface area contributed by atoms with E-state index in [0.29, 0.717) is 5.02 Å². The van der Waals surface area contributed by atoms with Gasteiger partial charge in [-0.2, -0.15) is 0 Å². The number of sulfone groups is 1. The van der Waals surface area contributed by atoms with Gasteiger partial charge < -0.3 is 4.90 Å². The van der Waals surface area contributed by atoms with E-state index in [4.69, 9.17) is 23.2 Å². The SMILES string of the molecule is O=C1C2CS(=O)(=O)CCN2C(=O)N1c1ccc(Cl)c(Cl)c1. The molecule has 1 aromatic rings. The third kappa shape index (κ3) is 2.39. The van der Waals surface area contributed by atoms with Gasteiger partial charge in [-0.05, 0) is 18.2 Å². The monoisotopic (exact) mass is 348 g/mol. The molecule has 1 aromatic carbocycles. The first-order valence-corrected chi connectivity index (χ1v) is 8.68. The first-order valence-electron chi connectivity index (χ1n) is 6.10. The Balaban J connectivity index is 1.99. The van der Waals surface area contributed by atoms with E-state index in [-0.39, 0.29) is 28.8 Å². The zero-order valence-corrected chi connectivity index (χ0v) is 13.0. The maximum Gasteiger partial charge on any atom is 0.332 e. The van der Waals surface area contributed by atoms with Gasteiger partial charge in [0.05, 0.1) is 27.2 Å². The van der Waals surface area contributed by atoms with Crippen LogP contribution in [0.2, 0.25) is 10.0 Å². The summed E-state index contributed by atoms with van der Waals surface area (Å²) in [4.78, 5) is 26.9. The summed E-state index contributed by atoms with van der Waals surface area (Å²) < 4.78 is 23.3. The normalized spacial score (nSPS) is 24.4. The van der Waals surface area contributed by atoms with Crippen LogP contribution >= 0.6 is 23.2 Å². The molecule has 6 nitrogen and oxygen atoms in total. The van der Waals surface area contributed by atoms with E-state index < -0.39 is 27.8 Å². The van der Waals surface area contributed by atoms with Crippen LogP contribution in [0.25, 0.3) is 0 Å². The Hall–Kier alpha value is -1.31. The van der Waals surface area contributed by atoms with E-state index in [1.807, 2.05) is 0 Å². The Morgan fingerprint density at radius 1 is 1.14 bits per heavy atom. The predicted molar refractivity (Wildman–Crippen MR) is 78.5 cm³/mol. The highest BCUT2D eigenvalue weighted by Crippen LogP contribution is 2.32. The summed E-state index contributed by atoms with van der Waals surface area (Å²) in [6, 6.07) is 2.90. The van der Waals surface area contributed by atoms with E-state index in [0.717, 1.165) is 4.90 Å². The van der Waals surface area contributed by atoms with Crippen molar-refractivity contribution in [2.75, 3.05) is 23.0 Å². The summed E-state index contributed by atoms with van der Waals surface area (Å²) in [5.41, 5.74) is 0.284. The van der Waals surface area contributed by atoms with Crippen LogP contribution in [-0.2, 0) is 14.6 Å². The Morgan fingerprint density at radius 2 is 1.86 bits per heavy atom. The molecule has 1 atom stereocenters. The van der Waals surface area contributed by atoms with Gasteiger partial charge in [-0.3, -0.25) is 4.79 Å². The zero-order valence-electron chi connectivity index (χ0n) is 10.6. The molecule has 1 unspecified atom stereocenters. The number of amides is 3. The Morgan fingerprint density at radius 3 is 2.52 bits per heavy atom. The molecular weight excluding hydrogens is 339 g/mol. The smallest absolute Gasteiger partial charge is 0.310 e. The molecule has 0 aromatic heterocycles. The van der Waals surface area contributed by atoms with Gasteiger partial charge in [0, 0.05) is 6.54 Å². The van der Waals surface area contributed by atoms with Gasteiger partial charge >= 0.3 is 6.03 Å². The van der Waals surface area contributed by atoms with Crippen molar-refractivity contribution in [2.45, 2.75) is 6.04 Å². The minimum absolute atomic E-state index is 0.0232. The average Bonchev–Trinajstić information content (AvgIpc) is 2.64. The number of anilines is 1. The highest BCUT2D eigenvalue weighted by Gasteiger charge is 2.50. The van der Waals surface area contributed by atoms with Crippen LogP contribution in [-0.4, -0.2) is 49.3 Å². The van der Waals surface area contributed by atoms with E-state index >= 15 is 0 Å². The first kappa shape index (κ1) is 14.6. The van der Waals surface area contributed by atoms with Crippen molar-refractivity contribution in [3.05, 3.63) is 28.2 Å². The molecule has 0 spiro atoms. The second kappa shape index (κ2) is 4.86. The molecule has 2 saturated heterocycles. The molecular formula is C12H10Cl2N2O4S. The van der Waals surface area contributed by atoms with Gasteiger partial charge in [-0.25, -0.2) is 18.1 Å². The number of rotatable bonds is 1. The van der Waals surface area contributed by atoms with Crippen LogP contribution < -0.4 is 4.90 Å². The molecule has 0 saturated carbocycles. The Bertz CT molecular complexity index is 750. The molecule has 0 bridgehead atoms. The highest BCUT2D eigenvalue weighted by molar-refractivity contribution is 7.91. The molecule has 0 N–H and O–H groups in total. The molecule has 0 aliphatic carbocycles. The van der Waals surface area contributed by atoms with E-state index in [2.05, 4.69) is 0 Å². The number of imide groups is 1. The molecule has 2 aliphatic heterocycles. The fourth-order valence-corrected chi connectivity index (χ4v) is 4.21. The van der Waals surface area contributed by atoms with Crippen LogP contribution in [0.4, 0.5) is 10.5 Å². The Kier molecular flexibility index (Phi) is 3.38. The Labute approximate surface area is 131 Å². The number of carbonyl (C=O) groups excluding carboxylic acids is 2. The van der Waals surface area contributed by atoms with E-state index in [1.54, 1.807) is 0 Å². The van der Waals surface area contributed by atoms with Gasteiger partial charge in [-0.15, -0.1) is 0 Å². The second-order valence-electron chi connectivity index (χ2n) is 4.88. The van der Waals surface area contributed by atoms with Crippen molar-refractivity contribution >= 4 is 50.7 Å². The van der Waals surface area contributed by atoms with Crippen molar-refractivity contribution in [3.8, 4) is 0 Å². The fraction of sp³-hybridized carbons (Fsp3) is 0.333. The van der Waals surface area contributed by atoms with Crippen molar-refractivity contribution in [1.29, 1.82) is 0 Å². The largest absolute Gasteiger partial charge is 0.332 e. The van der Waals surface area contributed by atoms with Gasteiger partial charge in [-0.1, -0.05) is 23.2 Å². The first-order chi connectivity index (χ1) is 9.80. The summed E-state index contributed by atoms with van der Waals surface area (Å²) in [7, 11) is -3.30. The number of hydrogen-bond donors (Lipinski definition) is 0. The molecule has 0 radical (unpaired) electrons. The number of nitrogens with zero attached hydrogens (tertiary/aromatic N) is 2. The number of halogens is 2. The van der Waals surface area contributed by atoms with Gasteiger partial charge in [0.2, 0.25) is 0 Å². The number of carbonyl (C=O) groups is 2. The van der Waals surface area contributed by atoms with E-state index in [1.165, 1.54) is 23.1 Å². The van der Waals surface area contributed by atoms with Crippen molar-refractivity contribution < 1.29 is 18.0 Å². The molecule has 3 amide bonds. The maximum atomic E-state index is 12.4. The summed E-state index contributed by atoms with van der Waals surface area (Å²) in [6.45, 7) is 0.0232. The molecule has 21 heavy (non-hydrogen) atoms. The third-order valence-electron chi connectivity index (χ3n) is 3.54. The quantitative estimate of drug-likeness (QED) is 0.721. The van der Waals surface area contributed by atoms with Gasteiger partial charge in [0.25, 0.3) is 5.91 Å². The van der Waals surface area contributed by atoms with Gasteiger partial charge in [0.1, 0.15) is 6.04 Å². The molecule has 2 heterocycles. The number of fused-ring (bicyclic) bond motifs is 1. The molecule has 9 heteroatoms. The van der Waals surface area contributed by atoms with Crippen LogP contribution in [0.1, 0.15) is 0 Å². The minimum Gasteiger partial charge on any atom is -0.310 e. The van der Waals surface area contributed by atoms with Crippen molar-refractivity contribution in [3.63, 3.8) is 0 Å². The predicted octanol–water partition coefficient (Wildman–Crippen LogP) is 1.56. The highest BCUT2D eigenvalue weighted by atomic mass is 35.5. The van der Waals surface area contributed by atoms with Crippen LogP contribution in [0.3, 0.4) is 0 Å². The zero-order chi connectivity index (χ0) is 15.4. The third-order valence-corrected chi connectivity index (χ3v) is 5.90. The molecule has 2 fully saturated rings. The number of hydrogen-bond acceptors (Lipinski definition) is 4. The van der Waals surface area contributed by atoms with Crippen molar-refractivity contribution in [2.24, 2.45) is 0 Å². The summed E-state index contributed by atoms with van der Waals surface area (Å²) >= 11 is 11.7. The van der Waals surface area contributed by atoms with Crippen LogP contribution in [0.15, 0.2) is 18.2 Å². The summed E-state index contributed by atoms with van der Waals surface area (Å²) in [5, 5.41) is 0.520. The van der Waals surface area contributed by atoms with Crippen LogP contribution in [0, 0.1) is 0 Å². The van der Waals surface area contributed by atoms with Gasteiger partial charge in [0.15, 0.2) is 9.84 Å². The topological polar surface area (TPSA) is 74.8 Å². The molecule has 2 aliphatic rings. The molecule has 3 rings (SSSR count). The maximum absolute atomic E-state index is 12.4. The lowest BCUT2D eigenvalue weighted by molar-refractivity contribution is -0.119. The second-order valence-corrected chi connectivity index (χ2v) is 7.92. The summed E-state index contributed by atoms with van der Waals surface area (Å²) in [6.07, 6.45) is 0. The average molecular weight is 349 g/mol. The number of benzene rings is 1.